The summed E-state index contributed by atoms with van der Waals surface area (Å²) in [6, 6.07) is 7.58. The first-order valence-corrected chi connectivity index (χ1v) is 8.30. The van der Waals surface area contributed by atoms with Crippen LogP contribution in [0.5, 0.6) is 0 Å². The summed E-state index contributed by atoms with van der Waals surface area (Å²) in [4.78, 5) is 24.8. The second kappa shape index (κ2) is 10.1. The van der Waals surface area contributed by atoms with Gasteiger partial charge in [0.1, 0.15) is 17.3 Å². The van der Waals surface area contributed by atoms with E-state index in [1.165, 1.54) is 24.4 Å². The number of rotatable bonds is 8. The molecule has 1 aromatic rings. The normalized spacial score (nSPS) is 15.1. The van der Waals surface area contributed by atoms with Gasteiger partial charge in [0, 0.05) is 31.9 Å². The third-order valence-corrected chi connectivity index (χ3v) is 3.86. The Morgan fingerprint density at radius 1 is 1.38 bits per heavy atom. The molecular weight excluding hydrogens is 338 g/mol. The first kappa shape index (κ1) is 19.4. The lowest BCUT2D eigenvalue weighted by atomic mass is 10.2. The fourth-order valence-electron chi connectivity index (χ4n) is 2.48. The van der Waals surface area contributed by atoms with Gasteiger partial charge in [0.2, 0.25) is 0 Å². The molecule has 2 rings (SSSR count). The maximum absolute atomic E-state index is 12.1. The van der Waals surface area contributed by atoms with Crippen LogP contribution < -0.4 is 10.6 Å². The van der Waals surface area contributed by atoms with E-state index in [2.05, 4.69) is 15.5 Å². The van der Waals surface area contributed by atoms with E-state index in [-0.39, 0.29) is 16.9 Å². The lowest BCUT2D eigenvalue weighted by molar-refractivity contribution is -0.383. The van der Waals surface area contributed by atoms with Gasteiger partial charge in [0.25, 0.3) is 11.6 Å². The molecule has 138 valence electrons. The van der Waals surface area contributed by atoms with Crippen molar-refractivity contribution in [1.29, 1.82) is 5.26 Å². The molecule has 0 aromatic heterocycles. The highest BCUT2D eigenvalue weighted by Crippen LogP contribution is 2.23. The molecule has 1 aliphatic heterocycles. The van der Waals surface area contributed by atoms with Gasteiger partial charge in [0.05, 0.1) is 18.1 Å². The number of ether oxygens (including phenoxy) is 1. The van der Waals surface area contributed by atoms with Crippen molar-refractivity contribution in [2.75, 3.05) is 44.7 Å². The lowest BCUT2D eigenvalue weighted by Crippen LogP contribution is -2.37. The minimum absolute atomic E-state index is 0.0518. The third kappa shape index (κ3) is 5.84. The molecule has 1 heterocycles. The molecule has 0 atom stereocenters. The summed E-state index contributed by atoms with van der Waals surface area (Å²) < 4.78 is 5.28. The number of nitro groups is 1. The largest absolute Gasteiger partial charge is 0.390 e. The predicted octanol–water partition coefficient (Wildman–Crippen LogP) is 1.25. The van der Waals surface area contributed by atoms with Gasteiger partial charge >= 0.3 is 0 Å². The van der Waals surface area contributed by atoms with Gasteiger partial charge in [0.15, 0.2) is 0 Å². The Hall–Kier alpha value is -2.96. The molecule has 0 spiro atoms. The number of hydrogen-bond donors (Lipinski definition) is 2. The van der Waals surface area contributed by atoms with Crippen molar-refractivity contribution in [2.45, 2.75) is 6.42 Å². The Kier molecular flexibility index (Phi) is 7.54. The maximum Gasteiger partial charge on any atom is 0.292 e. The lowest BCUT2D eigenvalue weighted by Gasteiger charge is -2.26. The van der Waals surface area contributed by atoms with Crippen LogP contribution in [-0.2, 0) is 9.53 Å². The number of morpholine rings is 1. The maximum atomic E-state index is 12.1. The Bertz CT molecular complexity index is 707. The first-order chi connectivity index (χ1) is 12.6. The van der Waals surface area contributed by atoms with Crippen LogP contribution in [0.2, 0.25) is 0 Å². The fraction of sp³-hybridized carbons (Fsp3) is 0.412. The van der Waals surface area contributed by atoms with E-state index in [1.807, 2.05) is 0 Å². The fourth-order valence-corrected chi connectivity index (χ4v) is 2.48. The van der Waals surface area contributed by atoms with Crippen LogP contribution in [-0.4, -0.2) is 55.1 Å². The third-order valence-electron chi connectivity index (χ3n) is 3.86. The number of nitrogens with one attached hydrogen (secondary N) is 2. The van der Waals surface area contributed by atoms with Gasteiger partial charge in [-0.15, -0.1) is 0 Å². The van der Waals surface area contributed by atoms with Crippen LogP contribution in [0, 0.1) is 21.4 Å². The summed E-state index contributed by atoms with van der Waals surface area (Å²) in [5.74, 6) is -0.692. The molecule has 2 N–H and O–H groups in total. The number of amides is 1. The van der Waals surface area contributed by atoms with Gasteiger partial charge in [-0.25, -0.2) is 0 Å². The van der Waals surface area contributed by atoms with E-state index in [1.54, 1.807) is 12.1 Å². The van der Waals surface area contributed by atoms with Gasteiger partial charge in [-0.3, -0.25) is 19.8 Å². The molecule has 1 fully saturated rings. The quantitative estimate of drug-likeness (QED) is 0.236. The predicted molar refractivity (Wildman–Crippen MR) is 95.3 cm³/mol. The van der Waals surface area contributed by atoms with Crippen molar-refractivity contribution in [3.05, 3.63) is 46.2 Å². The molecule has 1 aromatic carbocycles. The monoisotopic (exact) mass is 359 g/mol. The highest BCUT2D eigenvalue weighted by Gasteiger charge is 2.17. The molecule has 0 radical (unpaired) electrons. The molecule has 0 aliphatic carbocycles. The van der Waals surface area contributed by atoms with E-state index in [0.29, 0.717) is 6.54 Å². The number of hydrogen-bond acceptors (Lipinski definition) is 7. The number of carbonyl (C=O) groups excluding carboxylic acids is 1. The van der Waals surface area contributed by atoms with Crippen LogP contribution in [0.3, 0.4) is 0 Å². The van der Waals surface area contributed by atoms with Crippen molar-refractivity contribution < 1.29 is 14.5 Å². The van der Waals surface area contributed by atoms with Crippen LogP contribution in [0.1, 0.15) is 6.42 Å². The summed E-state index contributed by atoms with van der Waals surface area (Å²) in [6.45, 7) is 4.85. The van der Waals surface area contributed by atoms with Crippen molar-refractivity contribution in [2.24, 2.45) is 0 Å². The summed E-state index contributed by atoms with van der Waals surface area (Å²) in [7, 11) is 0. The average Bonchev–Trinajstić information content (AvgIpc) is 2.65. The zero-order valence-electron chi connectivity index (χ0n) is 14.3. The summed E-state index contributed by atoms with van der Waals surface area (Å²) in [6.07, 6.45) is 2.20. The zero-order valence-corrected chi connectivity index (χ0v) is 14.3. The number of para-hydroxylation sites is 2. The molecule has 0 unspecified atom stereocenters. The molecule has 9 nitrogen and oxygen atoms in total. The minimum Gasteiger partial charge on any atom is -0.390 e. The number of benzene rings is 1. The Morgan fingerprint density at radius 2 is 2.12 bits per heavy atom. The number of nitro benzene ring substituents is 1. The number of nitriles is 1. The number of carbonyl (C=O) groups is 1. The Morgan fingerprint density at radius 3 is 2.81 bits per heavy atom. The summed E-state index contributed by atoms with van der Waals surface area (Å²) in [5, 5.41) is 25.5. The Balaban J connectivity index is 1.83. The molecule has 9 heteroatoms. The molecule has 26 heavy (non-hydrogen) atoms. The molecule has 0 bridgehead atoms. The summed E-state index contributed by atoms with van der Waals surface area (Å²) >= 11 is 0. The highest BCUT2D eigenvalue weighted by atomic mass is 16.6. The molecular formula is C17H21N5O4. The van der Waals surface area contributed by atoms with Crippen molar-refractivity contribution in [1.82, 2.24) is 10.2 Å². The van der Waals surface area contributed by atoms with E-state index < -0.39 is 10.8 Å². The molecule has 1 saturated heterocycles. The zero-order chi connectivity index (χ0) is 18.8. The van der Waals surface area contributed by atoms with Gasteiger partial charge < -0.3 is 15.4 Å². The van der Waals surface area contributed by atoms with E-state index in [9.17, 15) is 14.9 Å². The van der Waals surface area contributed by atoms with Crippen molar-refractivity contribution in [3.8, 4) is 6.07 Å². The average molecular weight is 359 g/mol. The highest BCUT2D eigenvalue weighted by molar-refractivity contribution is 6.07. The van der Waals surface area contributed by atoms with Crippen LogP contribution in [0.25, 0.3) is 0 Å². The first-order valence-electron chi connectivity index (χ1n) is 8.30. The topological polar surface area (TPSA) is 121 Å². The van der Waals surface area contributed by atoms with Gasteiger partial charge in [-0.1, -0.05) is 12.1 Å². The molecule has 0 saturated carbocycles. The van der Waals surface area contributed by atoms with E-state index in [0.717, 1.165) is 39.3 Å². The smallest absolute Gasteiger partial charge is 0.292 e. The molecule has 1 aliphatic rings. The van der Waals surface area contributed by atoms with Crippen molar-refractivity contribution >= 4 is 17.3 Å². The van der Waals surface area contributed by atoms with Crippen LogP contribution >= 0.6 is 0 Å². The number of anilines is 1. The van der Waals surface area contributed by atoms with E-state index in [4.69, 9.17) is 10.00 Å². The minimum atomic E-state index is -0.692. The number of nitrogens with zero attached hydrogens (tertiary/aromatic N) is 3. The Labute approximate surface area is 151 Å². The SMILES string of the molecule is N#C/C(=C/NCCCN1CCOCC1)C(=O)Nc1ccccc1[N+](=O)[O-]. The van der Waals surface area contributed by atoms with Crippen molar-refractivity contribution in [3.63, 3.8) is 0 Å². The second-order valence-corrected chi connectivity index (χ2v) is 5.66. The summed E-state index contributed by atoms with van der Waals surface area (Å²) in [5.41, 5.74) is -0.317. The second-order valence-electron chi connectivity index (χ2n) is 5.66. The van der Waals surface area contributed by atoms with Gasteiger partial charge in [-0.05, 0) is 19.0 Å². The van der Waals surface area contributed by atoms with Crippen LogP contribution in [0.15, 0.2) is 36.0 Å². The van der Waals surface area contributed by atoms with Gasteiger partial charge in [-0.2, -0.15) is 5.26 Å². The standard InChI is InChI=1S/C17H21N5O4/c18-12-14(13-19-6-3-7-21-8-10-26-11-9-21)17(23)20-15-4-1-2-5-16(15)22(24)25/h1-2,4-5,13,19H,3,6-11H2,(H,20,23)/b14-13-. The van der Waals surface area contributed by atoms with Crippen LogP contribution in [0.4, 0.5) is 11.4 Å². The molecule has 1 amide bonds. The van der Waals surface area contributed by atoms with E-state index >= 15 is 0 Å².